The van der Waals surface area contributed by atoms with Crippen LogP contribution in [0.3, 0.4) is 0 Å². The number of halogens is 2. The molecule has 116 valence electrons. The third kappa shape index (κ3) is 3.76. The smallest absolute Gasteiger partial charge is 0.263 e. The molecule has 1 saturated heterocycles. The summed E-state index contributed by atoms with van der Waals surface area (Å²) in [6.45, 7) is 0.468. The third-order valence-corrected chi connectivity index (χ3v) is 4.85. The number of nitrogens with zero attached hydrogens (tertiary/aromatic N) is 1. The van der Waals surface area contributed by atoms with Gasteiger partial charge in [0.2, 0.25) is 10.0 Å². The van der Waals surface area contributed by atoms with E-state index in [4.69, 9.17) is 5.14 Å². The highest BCUT2D eigenvalue weighted by Gasteiger charge is 2.30. The van der Waals surface area contributed by atoms with Gasteiger partial charge in [0.25, 0.3) is 12.3 Å². The lowest BCUT2D eigenvalue weighted by Gasteiger charge is -2.31. The maximum absolute atomic E-state index is 12.5. The Morgan fingerprint density at radius 1 is 1.29 bits per heavy atom. The molecule has 0 saturated carbocycles. The first-order chi connectivity index (χ1) is 9.79. The van der Waals surface area contributed by atoms with Crippen LogP contribution in [0.1, 0.15) is 35.2 Å². The molecule has 1 aliphatic rings. The minimum absolute atomic E-state index is 0.0360. The molecule has 5 nitrogen and oxygen atoms in total. The van der Waals surface area contributed by atoms with Crippen LogP contribution in [0.5, 0.6) is 0 Å². The third-order valence-electron chi connectivity index (χ3n) is 3.54. The number of primary sulfonamides is 1. The maximum Gasteiger partial charge on any atom is 0.263 e. The number of hydrogen-bond donors (Lipinski definition) is 1. The minimum atomic E-state index is -3.69. The predicted octanol–water partition coefficient (Wildman–Crippen LogP) is 1.52. The van der Waals surface area contributed by atoms with E-state index in [0.29, 0.717) is 19.4 Å². The summed E-state index contributed by atoms with van der Waals surface area (Å²) in [5.74, 6) is -0.371. The van der Waals surface area contributed by atoms with Crippen LogP contribution in [-0.2, 0) is 10.0 Å². The number of alkyl halides is 2. The number of amides is 1. The van der Waals surface area contributed by atoms with E-state index in [1.54, 1.807) is 0 Å². The Bertz CT molecular complexity index is 617. The van der Waals surface area contributed by atoms with Crippen molar-refractivity contribution in [3.05, 3.63) is 35.4 Å². The SMILES string of the molecule is NS(=O)(=O)C1CCCN(C(=O)c2ccc(C(F)F)cc2)C1. The number of sulfonamides is 1. The van der Waals surface area contributed by atoms with Gasteiger partial charge in [0.15, 0.2) is 0 Å². The molecule has 2 N–H and O–H groups in total. The zero-order chi connectivity index (χ0) is 15.6. The van der Waals surface area contributed by atoms with Gasteiger partial charge in [0.1, 0.15) is 0 Å². The Hall–Kier alpha value is -1.54. The summed E-state index contributed by atoms with van der Waals surface area (Å²) in [5.41, 5.74) is 0.0991. The molecule has 0 radical (unpaired) electrons. The quantitative estimate of drug-likeness (QED) is 0.917. The monoisotopic (exact) mass is 318 g/mol. The van der Waals surface area contributed by atoms with Gasteiger partial charge in [-0.05, 0) is 25.0 Å². The van der Waals surface area contributed by atoms with Crippen molar-refractivity contribution >= 4 is 15.9 Å². The van der Waals surface area contributed by atoms with Crippen molar-refractivity contribution in [2.75, 3.05) is 13.1 Å². The largest absolute Gasteiger partial charge is 0.337 e. The summed E-state index contributed by atoms with van der Waals surface area (Å²) in [4.78, 5) is 13.7. The van der Waals surface area contributed by atoms with Gasteiger partial charge in [-0.25, -0.2) is 22.3 Å². The normalized spacial score (nSPS) is 19.8. The first-order valence-corrected chi connectivity index (χ1v) is 8.09. The van der Waals surface area contributed by atoms with Crippen molar-refractivity contribution in [3.63, 3.8) is 0 Å². The van der Waals surface area contributed by atoms with Crippen LogP contribution < -0.4 is 5.14 Å². The van der Waals surface area contributed by atoms with Crippen molar-refractivity contribution in [1.82, 2.24) is 4.90 Å². The molecule has 8 heteroatoms. The number of benzene rings is 1. The van der Waals surface area contributed by atoms with Gasteiger partial charge in [-0.1, -0.05) is 12.1 Å². The summed E-state index contributed by atoms with van der Waals surface area (Å²) in [5, 5.41) is 4.35. The molecule has 1 fully saturated rings. The highest BCUT2D eigenvalue weighted by molar-refractivity contribution is 7.89. The second-order valence-electron chi connectivity index (χ2n) is 5.03. The topological polar surface area (TPSA) is 80.5 Å². The Kier molecular flexibility index (Phi) is 4.58. The maximum atomic E-state index is 12.5. The van der Waals surface area contributed by atoms with E-state index in [1.807, 2.05) is 0 Å². The van der Waals surface area contributed by atoms with Gasteiger partial charge in [-0.15, -0.1) is 0 Å². The molecular formula is C13H16F2N2O3S. The van der Waals surface area contributed by atoms with E-state index < -0.39 is 21.7 Å². The Balaban J connectivity index is 2.12. The van der Waals surface area contributed by atoms with Gasteiger partial charge in [-0.2, -0.15) is 0 Å². The van der Waals surface area contributed by atoms with Crippen molar-refractivity contribution in [3.8, 4) is 0 Å². The van der Waals surface area contributed by atoms with Crippen molar-refractivity contribution < 1.29 is 22.0 Å². The summed E-state index contributed by atoms with van der Waals surface area (Å²) in [7, 11) is -3.69. The lowest BCUT2D eigenvalue weighted by Crippen LogP contribution is -2.47. The van der Waals surface area contributed by atoms with E-state index in [9.17, 15) is 22.0 Å². The Morgan fingerprint density at radius 2 is 1.90 bits per heavy atom. The van der Waals surface area contributed by atoms with E-state index in [1.165, 1.54) is 29.2 Å². The molecule has 0 aliphatic carbocycles. The number of rotatable bonds is 3. The molecular weight excluding hydrogens is 302 g/mol. The fourth-order valence-corrected chi connectivity index (χ4v) is 3.23. The number of carbonyl (C=O) groups excluding carboxylic acids is 1. The molecule has 0 aromatic heterocycles. The molecule has 0 spiro atoms. The highest BCUT2D eigenvalue weighted by atomic mass is 32.2. The molecule has 1 aromatic rings. The van der Waals surface area contributed by atoms with Gasteiger partial charge in [0, 0.05) is 24.2 Å². The van der Waals surface area contributed by atoms with E-state index in [0.717, 1.165) is 0 Å². The van der Waals surface area contributed by atoms with E-state index in [-0.39, 0.29) is 23.6 Å². The molecule has 1 heterocycles. The molecule has 2 rings (SSSR count). The van der Waals surface area contributed by atoms with Gasteiger partial charge >= 0.3 is 0 Å². The minimum Gasteiger partial charge on any atom is -0.337 e. The van der Waals surface area contributed by atoms with Crippen LogP contribution in [0.15, 0.2) is 24.3 Å². The van der Waals surface area contributed by atoms with Crippen LogP contribution in [0, 0.1) is 0 Å². The fraction of sp³-hybridized carbons (Fsp3) is 0.462. The van der Waals surface area contributed by atoms with Crippen LogP contribution in [0.25, 0.3) is 0 Å². The summed E-state index contributed by atoms with van der Waals surface area (Å²) in [6.07, 6.45) is -1.62. The zero-order valence-electron chi connectivity index (χ0n) is 11.2. The van der Waals surface area contributed by atoms with Gasteiger partial charge < -0.3 is 4.90 Å². The molecule has 1 amide bonds. The highest BCUT2D eigenvalue weighted by Crippen LogP contribution is 2.21. The number of likely N-dealkylation sites (tertiary alicyclic amines) is 1. The lowest BCUT2D eigenvalue weighted by molar-refractivity contribution is 0.0726. The molecule has 1 unspecified atom stereocenters. The predicted molar refractivity (Wildman–Crippen MR) is 73.4 cm³/mol. The summed E-state index contributed by atoms with van der Waals surface area (Å²) >= 11 is 0. The van der Waals surface area contributed by atoms with Gasteiger partial charge in [0.05, 0.1) is 5.25 Å². The molecule has 1 aromatic carbocycles. The standard InChI is InChI=1S/C13H16F2N2O3S/c14-12(15)9-3-5-10(6-4-9)13(18)17-7-1-2-11(8-17)21(16,19)20/h3-6,11-12H,1-2,7-8H2,(H2,16,19,20). The summed E-state index contributed by atoms with van der Waals surface area (Å²) in [6, 6.07) is 5.03. The fourth-order valence-electron chi connectivity index (χ4n) is 2.34. The number of carbonyl (C=O) groups is 1. The first kappa shape index (κ1) is 15.8. The Morgan fingerprint density at radius 3 is 2.43 bits per heavy atom. The van der Waals surface area contributed by atoms with E-state index >= 15 is 0 Å². The van der Waals surface area contributed by atoms with Crippen molar-refractivity contribution in [2.24, 2.45) is 5.14 Å². The first-order valence-electron chi connectivity index (χ1n) is 6.48. The van der Waals surface area contributed by atoms with Crippen molar-refractivity contribution in [1.29, 1.82) is 0 Å². The van der Waals surface area contributed by atoms with E-state index in [2.05, 4.69) is 0 Å². The van der Waals surface area contributed by atoms with Crippen LogP contribution >= 0.6 is 0 Å². The van der Waals surface area contributed by atoms with Crippen molar-refractivity contribution in [2.45, 2.75) is 24.5 Å². The average Bonchev–Trinajstić information content (AvgIpc) is 2.46. The zero-order valence-corrected chi connectivity index (χ0v) is 12.0. The number of piperidine rings is 1. The average molecular weight is 318 g/mol. The van der Waals surface area contributed by atoms with Crippen LogP contribution in [-0.4, -0.2) is 37.6 Å². The molecule has 21 heavy (non-hydrogen) atoms. The number of nitrogens with two attached hydrogens (primary N) is 1. The second-order valence-corrected chi connectivity index (χ2v) is 6.87. The molecule has 1 aliphatic heterocycles. The van der Waals surface area contributed by atoms with Crippen LogP contribution in [0.4, 0.5) is 8.78 Å². The summed E-state index contributed by atoms with van der Waals surface area (Å²) < 4.78 is 47.7. The van der Waals surface area contributed by atoms with Gasteiger partial charge in [-0.3, -0.25) is 4.79 Å². The second kappa shape index (κ2) is 6.07. The number of hydrogen-bond acceptors (Lipinski definition) is 3. The molecule has 0 bridgehead atoms. The Labute approximate surface area is 121 Å². The molecule has 1 atom stereocenters. The lowest BCUT2D eigenvalue weighted by atomic mass is 10.1. The van der Waals surface area contributed by atoms with Crippen LogP contribution in [0.2, 0.25) is 0 Å².